The van der Waals surface area contributed by atoms with Crippen LogP contribution in [0.4, 0.5) is 17.5 Å². The number of benzene rings is 1. The second kappa shape index (κ2) is 12.4. The molecule has 1 saturated carbocycles. The van der Waals surface area contributed by atoms with Crippen LogP contribution in [0, 0.1) is 0 Å². The van der Waals surface area contributed by atoms with Crippen LogP contribution in [0.1, 0.15) is 40.1 Å². The lowest BCUT2D eigenvalue weighted by Crippen LogP contribution is -2.40. The molecule has 0 spiro atoms. The predicted molar refractivity (Wildman–Crippen MR) is 148 cm³/mol. The SMILES string of the molecule is CN(C/C=C/C(=O)N1CC[C@@H](Nc2nnc(C(N)=O)c(Nc3ccc(C(=O)N4CCOCC4)cc3)n2)C1)C1CC1. The minimum Gasteiger partial charge on any atom is -0.378 e. The minimum absolute atomic E-state index is 0.0190. The van der Waals surface area contributed by atoms with Crippen LogP contribution >= 0.6 is 0 Å². The number of nitrogens with one attached hydrogen (secondary N) is 2. The van der Waals surface area contributed by atoms with Crippen molar-refractivity contribution in [1.29, 1.82) is 0 Å². The molecule has 1 atom stereocenters. The molecule has 3 amide bonds. The second-order valence-corrected chi connectivity index (χ2v) is 10.3. The summed E-state index contributed by atoms with van der Waals surface area (Å²) < 4.78 is 5.31. The number of likely N-dealkylation sites (tertiary alicyclic amines) is 1. The zero-order valence-corrected chi connectivity index (χ0v) is 22.6. The summed E-state index contributed by atoms with van der Waals surface area (Å²) in [5, 5.41) is 14.3. The molecule has 212 valence electrons. The van der Waals surface area contributed by atoms with E-state index in [1.165, 1.54) is 12.8 Å². The number of hydrogen-bond acceptors (Lipinski definition) is 10. The molecule has 40 heavy (non-hydrogen) atoms. The molecule has 0 bridgehead atoms. The number of nitrogens with zero attached hydrogens (tertiary/aromatic N) is 6. The summed E-state index contributed by atoms with van der Waals surface area (Å²) in [7, 11) is 2.08. The molecule has 3 heterocycles. The first-order valence-electron chi connectivity index (χ1n) is 13.6. The summed E-state index contributed by atoms with van der Waals surface area (Å²) in [6.07, 6.45) is 6.75. The van der Waals surface area contributed by atoms with E-state index in [2.05, 4.69) is 37.8 Å². The van der Waals surface area contributed by atoms with Crippen LogP contribution in [-0.4, -0.2) is 113 Å². The number of carbonyl (C=O) groups excluding carboxylic acids is 3. The number of anilines is 3. The number of likely N-dealkylation sites (N-methyl/N-ethyl adjacent to an activating group) is 1. The van der Waals surface area contributed by atoms with E-state index in [0.717, 1.165) is 13.0 Å². The first-order valence-corrected chi connectivity index (χ1v) is 13.6. The fourth-order valence-corrected chi connectivity index (χ4v) is 4.77. The Morgan fingerprint density at radius 1 is 1.07 bits per heavy atom. The van der Waals surface area contributed by atoms with Gasteiger partial charge in [0.05, 0.1) is 13.2 Å². The third-order valence-electron chi connectivity index (χ3n) is 7.27. The summed E-state index contributed by atoms with van der Waals surface area (Å²) in [6.45, 7) is 4.07. The van der Waals surface area contributed by atoms with Crippen molar-refractivity contribution >= 4 is 35.2 Å². The van der Waals surface area contributed by atoms with Crippen molar-refractivity contribution in [3.8, 4) is 0 Å². The molecule has 0 unspecified atom stereocenters. The Bertz CT molecular complexity index is 1260. The maximum absolute atomic E-state index is 12.7. The molecular formula is C27H35N9O4. The monoisotopic (exact) mass is 549 g/mol. The number of ether oxygens (including phenoxy) is 1. The van der Waals surface area contributed by atoms with Gasteiger partial charge in [-0.25, -0.2) is 0 Å². The zero-order chi connectivity index (χ0) is 28.1. The largest absolute Gasteiger partial charge is 0.378 e. The van der Waals surface area contributed by atoms with Crippen LogP contribution in [0.5, 0.6) is 0 Å². The number of carbonyl (C=O) groups is 3. The number of amides is 3. The lowest BCUT2D eigenvalue weighted by molar-refractivity contribution is -0.125. The predicted octanol–water partition coefficient (Wildman–Crippen LogP) is 0.850. The van der Waals surface area contributed by atoms with E-state index in [1.807, 2.05) is 6.08 Å². The molecule has 1 aromatic heterocycles. The van der Waals surface area contributed by atoms with E-state index in [9.17, 15) is 14.4 Å². The van der Waals surface area contributed by atoms with Gasteiger partial charge < -0.3 is 30.9 Å². The van der Waals surface area contributed by atoms with E-state index in [-0.39, 0.29) is 35.3 Å². The smallest absolute Gasteiger partial charge is 0.273 e. The average molecular weight is 550 g/mol. The lowest BCUT2D eigenvalue weighted by Gasteiger charge is -2.26. The van der Waals surface area contributed by atoms with Gasteiger partial charge in [0, 0.05) is 62.1 Å². The van der Waals surface area contributed by atoms with E-state index in [0.29, 0.717) is 56.7 Å². The number of morpholine rings is 1. The van der Waals surface area contributed by atoms with Crippen LogP contribution in [0.25, 0.3) is 0 Å². The van der Waals surface area contributed by atoms with Gasteiger partial charge in [-0.15, -0.1) is 10.2 Å². The Morgan fingerprint density at radius 2 is 1.82 bits per heavy atom. The van der Waals surface area contributed by atoms with Gasteiger partial charge in [0.25, 0.3) is 11.8 Å². The first kappa shape index (κ1) is 27.5. The number of aromatic nitrogens is 3. The molecule has 2 aromatic rings. The molecule has 3 aliphatic rings. The Hall–Kier alpha value is -4.10. The van der Waals surface area contributed by atoms with Crippen LogP contribution in [0.15, 0.2) is 36.4 Å². The van der Waals surface area contributed by atoms with Gasteiger partial charge in [0.15, 0.2) is 11.5 Å². The molecule has 5 rings (SSSR count). The van der Waals surface area contributed by atoms with E-state index >= 15 is 0 Å². The van der Waals surface area contributed by atoms with Gasteiger partial charge in [-0.2, -0.15) is 4.98 Å². The Kier molecular flexibility index (Phi) is 8.51. The van der Waals surface area contributed by atoms with Gasteiger partial charge >= 0.3 is 0 Å². The van der Waals surface area contributed by atoms with Crippen molar-refractivity contribution in [2.24, 2.45) is 5.73 Å². The van der Waals surface area contributed by atoms with Crippen LogP contribution in [-0.2, 0) is 9.53 Å². The first-order chi connectivity index (χ1) is 19.4. The molecule has 0 radical (unpaired) electrons. The van der Waals surface area contributed by atoms with Crippen molar-refractivity contribution in [1.82, 2.24) is 29.9 Å². The Balaban J connectivity index is 1.19. The molecular weight excluding hydrogens is 514 g/mol. The highest BCUT2D eigenvalue weighted by molar-refractivity contribution is 5.97. The number of primary amides is 1. The van der Waals surface area contributed by atoms with Gasteiger partial charge in [-0.3, -0.25) is 19.3 Å². The Morgan fingerprint density at radius 3 is 2.52 bits per heavy atom. The van der Waals surface area contributed by atoms with Crippen molar-refractivity contribution in [2.75, 3.05) is 63.6 Å². The molecule has 3 fully saturated rings. The van der Waals surface area contributed by atoms with Crippen LogP contribution in [0.2, 0.25) is 0 Å². The third-order valence-corrected chi connectivity index (χ3v) is 7.27. The number of nitrogens with two attached hydrogens (primary N) is 1. The van der Waals surface area contributed by atoms with E-state index < -0.39 is 5.91 Å². The molecule has 2 saturated heterocycles. The standard InChI is InChI=1S/C27H35N9O4/c1-34(21-8-9-21)11-2-3-22(37)36-12-10-20(17-36)30-27-31-25(23(24(28)38)32-33-27)29-19-6-4-18(5-7-19)26(39)35-13-15-40-16-14-35/h2-7,20-21H,8-17H2,1H3,(H2,28,38)(H2,29,30,31,33)/b3-2+/t20-/m1/s1. The van der Waals surface area contributed by atoms with Gasteiger partial charge in [-0.05, 0) is 50.6 Å². The summed E-state index contributed by atoms with van der Waals surface area (Å²) in [5.74, 6) is -0.495. The normalized spacial score (nSPS) is 19.3. The van der Waals surface area contributed by atoms with Crippen molar-refractivity contribution in [3.05, 3.63) is 47.7 Å². The molecule has 4 N–H and O–H groups in total. The van der Waals surface area contributed by atoms with Crippen LogP contribution < -0.4 is 16.4 Å². The fourth-order valence-electron chi connectivity index (χ4n) is 4.77. The van der Waals surface area contributed by atoms with Crippen LogP contribution in [0.3, 0.4) is 0 Å². The topological polar surface area (TPSA) is 159 Å². The second-order valence-electron chi connectivity index (χ2n) is 10.3. The van der Waals surface area contributed by atoms with Crippen molar-refractivity contribution < 1.29 is 19.1 Å². The minimum atomic E-state index is -0.773. The quantitative estimate of drug-likeness (QED) is 0.363. The summed E-state index contributed by atoms with van der Waals surface area (Å²) in [6, 6.07) is 7.46. The zero-order valence-electron chi connectivity index (χ0n) is 22.6. The van der Waals surface area contributed by atoms with E-state index in [1.54, 1.807) is 40.1 Å². The number of rotatable bonds is 10. The van der Waals surface area contributed by atoms with Gasteiger partial charge in [0.2, 0.25) is 11.9 Å². The highest BCUT2D eigenvalue weighted by Gasteiger charge is 2.27. The molecule has 13 heteroatoms. The van der Waals surface area contributed by atoms with Crippen molar-refractivity contribution in [3.63, 3.8) is 0 Å². The molecule has 1 aromatic carbocycles. The number of hydrogen-bond donors (Lipinski definition) is 3. The maximum Gasteiger partial charge on any atom is 0.273 e. The third kappa shape index (κ3) is 6.90. The van der Waals surface area contributed by atoms with Gasteiger partial charge in [-0.1, -0.05) is 6.08 Å². The van der Waals surface area contributed by atoms with E-state index in [4.69, 9.17) is 10.5 Å². The molecule has 1 aliphatic carbocycles. The lowest BCUT2D eigenvalue weighted by atomic mass is 10.1. The molecule has 2 aliphatic heterocycles. The van der Waals surface area contributed by atoms with Crippen molar-refractivity contribution in [2.45, 2.75) is 31.3 Å². The highest BCUT2D eigenvalue weighted by Crippen LogP contribution is 2.25. The van der Waals surface area contributed by atoms with Gasteiger partial charge in [0.1, 0.15) is 0 Å². The molecule has 13 nitrogen and oxygen atoms in total. The highest BCUT2D eigenvalue weighted by atomic mass is 16.5. The summed E-state index contributed by atoms with van der Waals surface area (Å²) in [5.41, 5.74) is 6.55. The summed E-state index contributed by atoms with van der Waals surface area (Å²) in [4.78, 5) is 47.5. The Labute approximate surface area is 232 Å². The fraction of sp³-hybridized carbons (Fsp3) is 0.481. The average Bonchev–Trinajstić information content (AvgIpc) is 3.72. The summed E-state index contributed by atoms with van der Waals surface area (Å²) >= 11 is 0. The maximum atomic E-state index is 12.7.